The maximum atomic E-state index is 13.5. The Hall–Kier alpha value is -2.42. The van der Waals surface area contributed by atoms with Crippen molar-refractivity contribution in [2.75, 3.05) is 18.8 Å². The molecule has 25 heavy (non-hydrogen) atoms. The number of aromatic amines is 1. The average Bonchev–Trinajstić information content (AvgIpc) is 3.19. The van der Waals surface area contributed by atoms with Gasteiger partial charge in [-0.05, 0) is 24.6 Å². The molecule has 2 atom stereocenters. The van der Waals surface area contributed by atoms with Crippen molar-refractivity contribution < 1.29 is 19.1 Å². The van der Waals surface area contributed by atoms with E-state index >= 15 is 0 Å². The topological polar surface area (TPSA) is 99.2 Å². The van der Waals surface area contributed by atoms with Gasteiger partial charge in [0.1, 0.15) is 11.6 Å². The number of carboxylic acid groups (broad SMARTS) is 1. The Morgan fingerprint density at radius 3 is 2.88 bits per heavy atom. The molecule has 1 aromatic carbocycles. The van der Waals surface area contributed by atoms with Gasteiger partial charge in [0.2, 0.25) is 11.1 Å². The van der Waals surface area contributed by atoms with E-state index in [0.29, 0.717) is 16.5 Å². The van der Waals surface area contributed by atoms with E-state index in [2.05, 4.69) is 15.2 Å². The second kappa shape index (κ2) is 7.22. The Morgan fingerprint density at radius 2 is 2.24 bits per heavy atom. The quantitative estimate of drug-likeness (QED) is 0.783. The zero-order valence-electron chi connectivity index (χ0n) is 13.5. The first-order valence-corrected chi connectivity index (χ1v) is 8.70. The molecule has 1 saturated heterocycles. The molecule has 0 aliphatic carbocycles. The highest BCUT2D eigenvalue weighted by molar-refractivity contribution is 7.99. The number of carbonyl (C=O) groups is 2. The molecular weight excluding hydrogens is 347 g/mol. The Balaban J connectivity index is 1.68. The van der Waals surface area contributed by atoms with E-state index in [1.54, 1.807) is 19.1 Å². The maximum absolute atomic E-state index is 13.5. The largest absolute Gasteiger partial charge is 0.481 e. The smallest absolute Gasteiger partial charge is 0.308 e. The lowest BCUT2D eigenvalue weighted by atomic mass is 9.89. The van der Waals surface area contributed by atoms with E-state index in [0.717, 1.165) is 0 Å². The fourth-order valence-electron chi connectivity index (χ4n) is 2.94. The van der Waals surface area contributed by atoms with Gasteiger partial charge in [-0.1, -0.05) is 23.9 Å². The van der Waals surface area contributed by atoms with Crippen LogP contribution in [0, 0.1) is 18.7 Å². The highest BCUT2D eigenvalue weighted by Gasteiger charge is 2.40. The highest BCUT2D eigenvalue weighted by atomic mass is 32.2. The van der Waals surface area contributed by atoms with Gasteiger partial charge in [-0.25, -0.2) is 9.37 Å². The molecule has 132 valence electrons. The number of carbonyl (C=O) groups excluding carboxylic acids is 1. The SMILES string of the molecule is Cc1nc(SCC(=O)N2C[C@H](C(=O)O)[C@@H](c3cccc(F)c3)C2)n[nH]1. The predicted molar refractivity (Wildman–Crippen MR) is 88.7 cm³/mol. The number of amides is 1. The summed E-state index contributed by atoms with van der Waals surface area (Å²) in [6.07, 6.45) is 0. The van der Waals surface area contributed by atoms with Crippen LogP contribution in [0.1, 0.15) is 17.3 Å². The van der Waals surface area contributed by atoms with Crippen LogP contribution in [0.2, 0.25) is 0 Å². The first-order chi connectivity index (χ1) is 11.9. The zero-order valence-corrected chi connectivity index (χ0v) is 14.3. The molecule has 0 bridgehead atoms. The number of aromatic nitrogens is 3. The number of rotatable bonds is 5. The molecular formula is C16H17FN4O3S. The Kier molecular flexibility index (Phi) is 5.03. The second-order valence-corrected chi connectivity index (χ2v) is 6.84. The number of hydrogen-bond donors (Lipinski definition) is 2. The zero-order chi connectivity index (χ0) is 18.0. The summed E-state index contributed by atoms with van der Waals surface area (Å²) in [6, 6.07) is 5.89. The van der Waals surface area contributed by atoms with Crippen LogP contribution in [-0.2, 0) is 9.59 Å². The molecule has 2 heterocycles. The molecule has 1 aliphatic rings. The van der Waals surface area contributed by atoms with E-state index in [9.17, 15) is 19.1 Å². The summed E-state index contributed by atoms with van der Waals surface area (Å²) in [7, 11) is 0. The van der Waals surface area contributed by atoms with Crippen molar-refractivity contribution in [3.63, 3.8) is 0 Å². The first-order valence-electron chi connectivity index (χ1n) is 7.72. The molecule has 2 aromatic rings. The first kappa shape index (κ1) is 17.4. The van der Waals surface area contributed by atoms with Crippen LogP contribution in [0.5, 0.6) is 0 Å². The minimum absolute atomic E-state index is 0.114. The normalized spacial score (nSPS) is 20.0. The summed E-state index contributed by atoms with van der Waals surface area (Å²) >= 11 is 1.19. The molecule has 7 nitrogen and oxygen atoms in total. The minimum atomic E-state index is -0.984. The van der Waals surface area contributed by atoms with Crippen molar-refractivity contribution in [3.05, 3.63) is 41.5 Å². The predicted octanol–water partition coefficient (Wildman–Crippen LogP) is 1.67. The highest BCUT2D eigenvalue weighted by Crippen LogP contribution is 2.33. The maximum Gasteiger partial charge on any atom is 0.308 e. The van der Waals surface area contributed by atoms with Gasteiger partial charge in [0.15, 0.2) is 0 Å². The summed E-state index contributed by atoms with van der Waals surface area (Å²) in [5, 5.41) is 16.6. The molecule has 0 saturated carbocycles. The van der Waals surface area contributed by atoms with Gasteiger partial charge in [-0.2, -0.15) is 0 Å². The number of benzene rings is 1. The van der Waals surface area contributed by atoms with Crippen molar-refractivity contribution in [1.29, 1.82) is 0 Å². The van der Waals surface area contributed by atoms with Crippen LogP contribution in [0.3, 0.4) is 0 Å². The second-order valence-electron chi connectivity index (χ2n) is 5.90. The Morgan fingerprint density at radius 1 is 1.44 bits per heavy atom. The number of thioether (sulfide) groups is 1. The van der Waals surface area contributed by atoms with Crippen LogP contribution in [0.15, 0.2) is 29.4 Å². The van der Waals surface area contributed by atoms with Crippen LogP contribution < -0.4 is 0 Å². The average molecular weight is 364 g/mol. The number of aryl methyl sites for hydroxylation is 1. The number of nitrogens with zero attached hydrogens (tertiary/aromatic N) is 3. The molecule has 0 unspecified atom stereocenters. The van der Waals surface area contributed by atoms with E-state index < -0.39 is 23.6 Å². The molecule has 0 spiro atoms. The molecule has 1 amide bonds. The van der Waals surface area contributed by atoms with E-state index in [4.69, 9.17) is 0 Å². The molecule has 3 rings (SSSR count). The summed E-state index contributed by atoms with van der Waals surface area (Å²) in [6.45, 7) is 2.14. The van der Waals surface area contributed by atoms with Gasteiger partial charge in [-0.15, -0.1) is 5.10 Å². The summed E-state index contributed by atoms with van der Waals surface area (Å²) in [5.74, 6) is -1.97. The Labute approximate surface area is 147 Å². The molecule has 9 heteroatoms. The van der Waals surface area contributed by atoms with E-state index in [1.165, 1.54) is 28.8 Å². The third-order valence-electron chi connectivity index (χ3n) is 4.17. The summed E-state index contributed by atoms with van der Waals surface area (Å²) in [5.41, 5.74) is 0.597. The lowest BCUT2D eigenvalue weighted by molar-refractivity contribution is -0.141. The number of aliphatic carboxylic acids is 1. The van der Waals surface area contributed by atoms with Gasteiger partial charge < -0.3 is 10.0 Å². The van der Waals surface area contributed by atoms with Gasteiger partial charge in [-0.3, -0.25) is 14.7 Å². The third-order valence-corrected chi connectivity index (χ3v) is 5.00. The van der Waals surface area contributed by atoms with Crippen LogP contribution >= 0.6 is 11.8 Å². The molecule has 1 fully saturated rings. The van der Waals surface area contributed by atoms with Crippen molar-refractivity contribution >= 4 is 23.6 Å². The molecule has 1 aliphatic heterocycles. The van der Waals surface area contributed by atoms with Crippen LogP contribution in [0.25, 0.3) is 0 Å². The van der Waals surface area contributed by atoms with E-state index in [1.807, 2.05) is 0 Å². The summed E-state index contributed by atoms with van der Waals surface area (Å²) in [4.78, 5) is 29.6. The van der Waals surface area contributed by atoms with Gasteiger partial charge >= 0.3 is 5.97 Å². The number of carboxylic acids is 1. The van der Waals surface area contributed by atoms with Crippen LogP contribution in [0.4, 0.5) is 4.39 Å². The molecule has 0 radical (unpaired) electrons. The minimum Gasteiger partial charge on any atom is -0.481 e. The van der Waals surface area contributed by atoms with Crippen molar-refractivity contribution in [3.8, 4) is 0 Å². The lowest BCUT2D eigenvalue weighted by Gasteiger charge is -2.16. The third kappa shape index (κ3) is 3.98. The number of nitrogens with one attached hydrogen (secondary N) is 1. The molecule has 1 aromatic heterocycles. The van der Waals surface area contributed by atoms with Crippen LogP contribution in [-0.4, -0.2) is 55.9 Å². The van der Waals surface area contributed by atoms with E-state index in [-0.39, 0.29) is 24.7 Å². The van der Waals surface area contributed by atoms with Crippen molar-refractivity contribution in [1.82, 2.24) is 20.1 Å². The lowest BCUT2D eigenvalue weighted by Crippen LogP contribution is -2.31. The van der Waals surface area contributed by atoms with Crippen molar-refractivity contribution in [2.45, 2.75) is 18.0 Å². The Bertz CT molecular complexity index is 797. The number of hydrogen-bond acceptors (Lipinski definition) is 5. The van der Waals surface area contributed by atoms with Gasteiger partial charge in [0.25, 0.3) is 0 Å². The van der Waals surface area contributed by atoms with Gasteiger partial charge in [0.05, 0.1) is 11.7 Å². The number of likely N-dealkylation sites (tertiary alicyclic amines) is 1. The number of halogens is 1. The monoisotopic (exact) mass is 364 g/mol. The number of H-pyrrole nitrogens is 1. The summed E-state index contributed by atoms with van der Waals surface area (Å²) < 4.78 is 13.5. The van der Waals surface area contributed by atoms with Crippen molar-refractivity contribution in [2.24, 2.45) is 5.92 Å². The fourth-order valence-corrected chi connectivity index (χ4v) is 3.68. The molecule has 2 N–H and O–H groups in total. The fraction of sp³-hybridized carbons (Fsp3) is 0.375. The van der Waals surface area contributed by atoms with Gasteiger partial charge in [0, 0.05) is 19.0 Å². The standard InChI is InChI=1S/C16H17FN4O3S/c1-9-18-16(20-19-9)25-8-14(22)21-6-12(13(7-21)15(23)24)10-3-2-4-11(17)5-10/h2-5,12-13H,6-8H2,1H3,(H,23,24)(H,18,19,20)/t12-,13+/m1/s1.